The van der Waals surface area contributed by atoms with Gasteiger partial charge in [-0.05, 0) is 55.5 Å². The summed E-state index contributed by atoms with van der Waals surface area (Å²) in [4.78, 5) is 30.9. The van der Waals surface area contributed by atoms with Gasteiger partial charge in [0.15, 0.2) is 23.0 Å². The summed E-state index contributed by atoms with van der Waals surface area (Å²) in [6, 6.07) is 10.6. The van der Waals surface area contributed by atoms with Gasteiger partial charge in [-0.2, -0.15) is 0 Å². The summed E-state index contributed by atoms with van der Waals surface area (Å²) >= 11 is 0. The fourth-order valence-corrected chi connectivity index (χ4v) is 6.45. The fourth-order valence-electron chi connectivity index (χ4n) is 6.45. The summed E-state index contributed by atoms with van der Waals surface area (Å²) in [6.07, 6.45) is 4.29. The number of nitrogens with zero attached hydrogens (tertiary/aromatic N) is 3. The van der Waals surface area contributed by atoms with Gasteiger partial charge in [0.05, 0.1) is 61.0 Å². The summed E-state index contributed by atoms with van der Waals surface area (Å²) in [6.45, 7) is 5.43. The van der Waals surface area contributed by atoms with Crippen LogP contribution in [0.1, 0.15) is 50.5 Å². The maximum atomic E-state index is 13.9. The highest BCUT2D eigenvalue weighted by Gasteiger charge is 2.47. The molecule has 2 heterocycles. The van der Waals surface area contributed by atoms with Crippen molar-refractivity contribution in [3.63, 3.8) is 0 Å². The smallest absolute Gasteiger partial charge is 0.308 e. The molecule has 1 saturated heterocycles. The Balaban J connectivity index is 1.58. The zero-order chi connectivity index (χ0) is 33.3. The molecule has 46 heavy (non-hydrogen) atoms. The Morgan fingerprint density at radius 3 is 2.39 bits per heavy atom. The van der Waals surface area contributed by atoms with Crippen LogP contribution in [0.3, 0.4) is 0 Å². The second kappa shape index (κ2) is 16.2. The van der Waals surface area contributed by atoms with Gasteiger partial charge in [0.1, 0.15) is 0 Å². The van der Waals surface area contributed by atoms with Crippen LogP contribution in [0.5, 0.6) is 28.7 Å². The third-order valence-electron chi connectivity index (χ3n) is 8.86. The first-order valence-corrected chi connectivity index (χ1v) is 16.3. The standard InChI is InChI=1S/C35H51N3O8/c1-7-8-16-36(17-11-12-18-38(2,3)4)32(39)23-37-22-26(25-20-30(43-6)34-31(21-25)45-24-46-34)33(35(40)41)27(37)15-19-44-29-14-10-9-13-28(29)42-5/h9-10,13-14,20-21,26-27,33H,7-8,11-12,15-19,22-24H2,1-6H3/p+1/t26-,27+,33?/m1/s1. The van der Waals surface area contributed by atoms with E-state index in [1.807, 2.05) is 46.2 Å². The van der Waals surface area contributed by atoms with Gasteiger partial charge in [-0.1, -0.05) is 25.5 Å². The lowest BCUT2D eigenvalue weighted by Crippen LogP contribution is -2.45. The average molecular weight is 643 g/mol. The van der Waals surface area contributed by atoms with Crippen molar-refractivity contribution in [1.82, 2.24) is 9.80 Å². The first kappa shape index (κ1) is 35.2. The molecular formula is C35H52N3O8+. The number of methoxy groups -OCH3 is 2. The number of fused-ring (bicyclic) bond motifs is 1. The Morgan fingerprint density at radius 2 is 1.72 bits per heavy atom. The molecule has 0 radical (unpaired) electrons. The van der Waals surface area contributed by atoms with Gasteiger partial charge in [-0.25, -0.2) is 0 Å². The Bertz CT molecular complexity index is 1310. The van der Waals surface area contributed by atoms with Crippen molar-refractivity contribution in [2.45, 2.75) is 51.0 Å². The van der Waals surface area contributed by atoms with Crippen molar-refractivity contribution >= 4 is 11.9 Å². The minimum absolute atomic E-state index is 0.0300. The fraction of sp³-hybridized carbons (Fsp3) is 0.600. The number of hydrogen-bond acceptors (Lipinski definition) is 8. The third-order valence-corrected chi connectivity index (χ3v) is 8.86. The molecule has 1 fully saturated rings. The molecule has 11 heteroatoms. The highest BCUT2D eigenvalue weighted by molar-refractivity contribution is 5.79. The molecule has 254 valence electrons. The van der Waals surface area contributed by atoms with Gasteiger partial charge in [0.25, 0.3) is 0 Å². The molecule has 0 aliphatic carbocycles. The van der Waals surface area contributed by atoms with Gasteiger partial charge < -0.3 is 38.2 Å². The number of amides is 1. The Morgan fingerprint density at radius 1 is 1.00 bits per heavy atom. The van der Waals surface area contributed by atoms with Crippen LogP contribution in [0.15, 0.2) is 36.4 Å². The number of carbonyl (C=O) groups excluding carboxylic acids is 1. The van der Waals surface area contributed by atoms with Crippen LogP contribution in [-0.4, -0.2) is 119 Å². The van der Waals surface area contributed by atoms with E-state index in [4.69, 9.17) is 23.7 Å². The van der Waals surface area contributed by atoms with E-state index in [0.717, 1.165) is 42.3 Å². The largest absolute Gasteiger partial charge is 0.493 e. The van der Waals surface area contributed by atoms with Crippen LogP contribution in [0, 0.1) is 5.92 Å². The van der Waals surface area contributed by atoms with Crippen LogP contribution in [0.2, 0.25) is 0 Å². The number of ether oxygens (including phenoxy) is 5. The van der Waals surface area contributed by atoms with Crippen LogP contribution >= 0.6 is 0 Å². The molecule has 1 N–H and O–H groups in total. The van der Waals surface area contributed by atoms with E-state index >= 15 is 0 Å². The van der Waals surface area contributed by atoms with E-state index < -0.39 is 23.8 Å². The molecule has 1 amide bonds. The topological polar surface area (TPSA) is 107 Å². The van der Waals surface area contributed by atoms with Crippen molar-refractivity contribution in [3.05, 3.63) is 42.0 Å². The van der Waals surface area contributed by atoms with Crippen molar-refractivity contribution in [3.8, 4) is 28.7 Å². The molecular weight excluding hydrogens is 590 g/mol. The quantitative estimate of drug-likeness (QED) is 0.186. The number of rotatable bonds is 18. The second-order valence-electron chi connectivity index (χ2n) is 13.2. The molecule has 0 aromatic heterocycles. The number of likely N-dealkylation sites (tertiary alicyclic amines) is 1. The molecule has 2 aliphatic heterocycles. The molecule has 2 aliphatic rings. The Kier molecular flexibility index (Phi) is 12.4. The minimum atomic E-state index is -0.915. The Hall–Kier alpha value is -3.70. The van der Waals surface area contributed by atoms with Crippen molar-refractivity contribution in [2.24, 2.45) is 5.92 Å². The first-order chi connectivity index (χ1) is 22.1. The maximum Gasteiger partial charge on any atom is 0.308 e. The van der Waals surface area contributed by atoms with Crippen LogP contribution in [-0.2, 0) is 9.59 Å². The van der Waals surface area contributed by atoms with Crippen molar-refractivity contribution in [2.75, 3.05) is 81.5 Å². The number of benzene rings is 2. The molecule has 0 spiro atoms. The monoisotopic (exact) mass is 642 g/mol. The maximum absolute atomic E-state index is 13.9. The lowest BCUT2D eigenvalue weighted by Gasteiger charge is -2.30. The SMILES string of the molecule is CCCCN(CCCC[N+](C)(C)C)C(=O)CN1C[C@H](c2cc(OC)c3c(c2)OCO3)C(C(=O)O)[C@@H]1CCOc1ccccc1OC. The lowest BCUT2D eigenvalue weighted by atomic mass is 9.84. The van der Waals surface area contributed by atoms with Crippen LogP contribution < -0.4 is 23.7 Å². The average Bonchev–Trinajstić information content (AvgIpc) is 3.64. The van der Waals surface area contributed by atoms with E-state index in [0.29, 0.717) is 54.8 Å². The van der Waals surface area contributed by atoms with E-state index in [2.05, 4.69) is 28.1 Å². The van der Waals surface area contributed by atoms with Gasteiger partial charge in [0.2, 0.25) is 18.4 Å². The molecule has 3 atom stereocenters. The van der Waals surface area contributed by atoms with Crippen molar-refractivity contribution in [1.29, 1.82) is 0 Å². The van der Waals surface area contributed by atoms with E-state index in [1.54, 1.807) is 14.2 Å². The van der Waals surface area contributed by atoms with Gasteiger partial charge in [-0.15, -0.1) is 0 Å². The van der Waals surface area contributed by atoms with Gasteiger partial charge in [0, 0.05) is 31.6 Å². The summed E-state index contributed by atoms with van der Waals surface area (Å²) in [7, 11) is 9.67. The highest BCUT2D eigenvalue weighted by Crippen LogP contribution is 2.47. The van der Waals surface area contributed by atoms with Gasteiger partial charge in [-0.3, -0.25) is 14.5 Å². The molecule has 0 bridgehead atoms. The van der Waals surface area contributed by atoms with E-state index in [1.165, 1.54) is 0 Å². The lowest BCUT2D eigenvalue weighted by molar-refractivity contribution is -0.870. The highest BCUT2D eigenvalue weighted by atomic mass is 16.7. The number of carboxylic acid groups (broad SMARTS) is 1. The molecule has 2 aromatic carbocycles. The number of unbranched alkanes of at least 4 members (excludes halogenated alkanes) is 2. The molecule has 0 saturated carbocycles. The predicted octanol–water partition coefficient (Wildman–Crippen LogP) is 4.49. The van der Waals surface area contributed by atoms with Crippen LogP contribution in [0.25, 0.3) is 0 Å². The summed E-state index contributed by atoms with van der Waals surface area (Å²) in [5, 5.41) is 10.6. The summed E-state index contributed by atoms with van der Waals surface area (Å²) in [5.41, 5.74) is 0.780. The molecule has 4 rings (SSSR count). The normalized spacial score (nSPS) is 19.2. The Labute approximate surface area is 273 Å². The number of carboxylic acids is 1. The molecule has 2 aromatic rings. The van der Waals surface area contributed by atoms with Crippen molar-refractivity contribution < 1.29 is 42.9 Å². The number of carbonyl (C=O) groups is 2. The van der Waals surface area contributed by atoms with Gasteiger partial charge >= 0.3 is 5.97 Å². The third kappa shape index (κ3) is 8.97. The zero-order valence-corrected chi connectivity index (χ0v) is 28.3. The number of hydrogen-bond donors (Lipinski definition) is 1. The zero-order valence-electron chi connectivity index (χ0n) is 28.3. The van der Waals surface area contributed by atoms with Crippen LogP contribution in [0.4, 0.5) is 0 Å². The number of quaternary nitrogens is 1. The number of aliphatic carboxylic acids is 1. The molecule has 11 nitrogen and oxygen atoms in total. The van der Waals surface area contributed by atoms with E-state index in [9.17, 15) is 14.7 Å². The molecule has 1 unspecified atom stereocenters. The predicted molar refractivity (Wildman–Crippen MR) is 175 cm³/mol. The minimum Gasteiger partial charge on any atom is -0.493 e. The summed E-state index contributed by atoms with van der Waals surface area (Å²) in [5.74, 6) is 0.674. The number of para-hydroxylation sites is 2. The first-order valence-electron chi connectivity index (χ1n) is 16.3. The van der Waals surface area contributed by atoms with E-state index in [-0.39, 0.29) is 25.9 Å². The second-order valence-corrected chi connectivity index (χ2v) is 13.2. The summed E-state index contributed by atoms with van der Waals surface area (Å²) < 4.78 is 29.3.